The van der Waals surface area contributed by atoms with E-state index in [9.17, 15) is 4.79 Å². The highest BCUT2D eigenvalue weighted by molar-refractivity contribution is 6.21. The van der Waals surface area contributed by atoms with Crippen molar-refractivity contribution >= 4 is 5.78 Å². The molecule has 0 spiro atoms. The summed E-state index contributed by atoms with van der Waals surface area (Å²) in [7, 11) is 0. The average Bonchev–Trinajstić information content (AvgIpc) is 3.38. The molecule has 0 aromatic heterocycles. The van der Waals surface area contributed by atoms with E-state index in [1.807, 2.05) is 76.2 Å². The second-order valence-electron chi connectivity index (χ2n) is 6.91. The van der Waals surface area contributed by atoms with Gasteiger partial charge in [-0.15, -0.1) is 0 Å². The average molecular weight is 407 g/mol. The number of carbonyl (C=O) groups is 1. The smallest absolute Gasteiger partial charge is 0.194 e. The molecule has 0 atom stereocenters. The molecule has 0 fully saturated rings. The molecule has 156 valence electrons. The summed E-state index contributed by atoms with van der Waals surface area (Å²) in [6.07, 6.45) is 1.10. The van der Waals surface area contributed by atoms with Gasteiger partial charge in [-0.25, -0.2) is 0 Å². The minimum atomic E-state index is 0.149. The van der Waals surface area contributed by atoms with Crippen molar-refractivity contribution in [2.45, 2.75) is 34.1 Å². The zero-order valence-electron chi connectivity index (χ0n) is 18.9. The molecular weight excluding hydrogens is 376 g/mol. The Morgan fingerprint density at radius 3 is 1.10 bits per heavy atom. The summed E-state index contributed by atoms with van der Waals surface area (Å²) >= 11 is 0. The van der Waals surface area contributed by atoms with Gasteiger partial charge in [0.2, 0.25) is 0 Å². The predicted octanol–water partition coefficient (Wildman–Crippen LogP) is 8.21. The minimum absolute atomic E-state index is 0.149. The maximum absolute atomic E-state index is 11.9. The SMILES string of the molecule is CC.CC.O=C1c2ccccc2-c2ccccc21.c1ccc2c(c1)Cc1ccccc1-2. The van der Waals surface area contributed by atoms with Crippen molar-refractivity contribution in [1.29, 1.82) is 0 Å². The number of hydrogen-bond acceptors (Lipinski definition) is 1. The van der Waals surface area contributed by atoms with Crippen molar-refractivity contribution in [2.24, 2.45) is 0 Å². The normalized spacial score (nSPS) is 11.2. The molecule has 2 aliphatic carbocycles. The van der Waals surface area contributed by atoms with E-state index in [0.29, 0.717) is 0 Å². The van der Waals surface area contributed by atoms with E-state index in [0.717, 1.165) is 28.7 Å². The number of hydrogen-bond donors (Lipinski definition) is 0. The Hall–Kier alpha value is -3.45. The molecule has 6 rings (SSSR count). The van der Waals surface area contributed by atoms with E-state index in [2.05, 4.69) is 48.5 Å². The fourth-order valence-corrected chi connectivity index (χ4v) is 4.06. The van der Waals surface area contributed by atoms with Crippen LogP contribution in [0.5, 0.6) is 0 Å². The fraction of sp³-hybridized carbons (Fsp3) is 0.167. The van der Waals surface area contributed by atoms with Crippen LogP contribution < -0.4 is 0 Å². The van der Waals surface area contributed by atoms with Crippen LogP contribution in [0, 0.1) is 0 Å². The van der Waals surface area contributed by atoms with Crippen LogP contribution in [0.2, 0.25) is 0 Å². The molecular formula is C30H30O. The maximum Gasteiger partial charge on any atom is 0.194 e. The highest BCUT2D eigenvalue weighted by Gasteiger charge is 2.24. The summed E-state index contributed by atoms with van der Waals surface area (Å²) in [5, 5.41) is 0. The minimum Gasteiger partial charge on any atom is -0.289 e. The molecule has 0 aliphatic heterocycles. The monoisotopic (exact) mass is 406 g/mol. The lowest BCUT2D eigenvalue weighted by atomic mass is 10.1. The molecule has 0 heterocycles. The van der Waals surface area contributed by atoms with Gasteiger partial charge in [0, 0.05) is 11.1 Å². The molecule has 0 saturated carbocycles. The highest BCUT2D eigenvalue weighted by atomic mass is 16.1. The van der Waals surface area contributed by atoms with Crippen molar-refractivity contribution in [2.75, 3.05) is 0 Å². The van der Waals surface area contributed by atoms with Crippen LogP contribution in [0.3, 0.4) is 0 Å². The second-order valence-corrected chi connectivity index (χ2v) is 6.91. The van der Waals surface area contributed by atoms with Crippen LogP contribution >= 0.6 is 0 Å². The van der Waals surface area contributed by atoms with E-state index >= 15 is 0 Å². The summed E-state index contributed by atoms with van der Waals surface area (Å²) < 4.78 is 0. The van der Waals surface area contributed by atoms with Crippen molar-refractivity contribution in [1.82, 2.24) is 0 Å². The van der Waals surface area contributed by atoms with Gasteiger partial charge in [-0.05, 0) is 39.8 Å². The highest BCUT2D eigenvalue weighted by Crippen LogP contribution is 2.36. The third-order valence-corrected chi connectivity index (χ3v) is 5.34. The number of benzene rings is 4. The lowest BCUT2D eigenvalue weighted by molar-refractivity contribution is 0.104. The van der Waals surface area contributed by atoms with Crippen LogP contribution in [0.25, 0.3) is 22.3 Å². The molecule has 1 heteroatoms. The molecule has 0 N–H and O–H groups in total. The van der Waals surface area contributed by atoms with Crippen LogP contribution in [0.15, 0.2) is 97.1 Å². The molecule has 1 nitrogen and oxygen atoms in total. The predicted molar refractivity (Wildman–Crippen MR) is 133 cm³/mol. The third kappa shape index (κ3) is 4.36. The van der Waals surface area contributed by atoms with E-state index < -0.39 is 0 Å². The molecule has 0 radical (unpaired) electrons. The summed E-state index contributed by atoms with van der Waals surface area (Å²) in [5.41, 5.74) is 9.53. The van der Waals surface area contributed by atoms with Gasteiger partial charge in [-0.1, -0.05) is 125 Å². The quantitative estimate of drug-likeness (QED) is 0.248. The Kier molecular flexibility index (Phi) is 7.56. The third-order valence-electron chi connectivity index (χ3n) is 5.34. The van der Waals surface area contributed by atoms with Crippen molar-refractivity contribution in [3.05, 3.63) is 119 Å². The van der Waals surface area contributed by atoms with Crippen molar-refractivity contribution in [3.63, 3.8) is 0 Å². The van der Waals surface area contributed by atoms with Crippen LogP contribution in [-0.2, 0) is 6.42 Å². The van der Waals surface area contributed by atoms with E-state index in [4.69, 9.17) is 0 Å². The fourth-order valence-electron chi connectivity index (χ4n) is 4.06. The van der Waals surface area contributed by atoms with Gasteiger partial charge in [0.15, 0.2) is 5.78 Å². The standard InChI is InChI=1S/C13H8O.C13H10.2C2H6/c14-13-11-7-3-1-5-9(11)10-6-2-4-8-12(10)13;1-3-7-12-10(5-1)9-11-6-2-4-8-13(11)12;2*1-2/h1-8H;1-8H,9H2;2*1-2H3. The Labute approximate surface area is 186 Å². The number of fused-ring (bicyclic) bond motifs is 6. The Morgan fingerprint density at radius 2 is 0.710 bits per heavy atom. The van der Waals surface area contributed by atoms with Gasteiger partial charge >= 0.3 is 0 Å². The first kappa shape index (κ1) is 22.2. The first-order valence-corrected chi connectivity index (χ1v) is 11.2. The topological polar surface area (TPSA) is 17.1 Å². The van der Waals surface area contributed by atoms with Gasteiger partial charge in [-0.3, -0.25) is 4.79 Å². The molecule has 0 unspecified atom stereocenters. The van der Waals surface area contributed by atoms with Crippen LogP contribution in [-0.4, -0.2) is 5.78 Å². The van der Waals surface area contributed by atoms with Gasteiger partial charge in [0.25, 0.3) is 0 Å². The summed E-state index contributed by atoms with van der Waals surface area (Å²) in [6.45, 7) is 8.00. The van der Waals surface area contributed by atoms with E-state index in [-0.39, 0.29) is 5.78 Å². The van der Waals surface area contributed by atoms with Gasteiger partial charge in [0.05, 0.1) is 0 Å². The Morgan fingerprint density at radius 1 is 0.419 bits per heavy atom. The molecule has 31 heavy (non-hydrogen) atoms. The number of carbonyl (C=O) groups excluding carboxylic acids is 1. The Balaban J connectivity index is 0.000000152. The van der Waals surface area contributed by atoms with Crippen molar-refractivity contribution in [3.8, 4) is 22.3 Å². The second kappa shape index (κ2) is 10.5. The Bertz CT molecular complexity index is 1080. The molecule has 4 aromatic rings. The molecule has 0 amide bonds. The summed E-state index contributed by atoms with van der Waals surface area (Å²) in [5.74, 6) is 0.149. The molecule has 0 bridgehead atoms. The first-order valence-electron chi connectivity index (χ1n) is 11.2. The van der Waals surface area contributed by atoms with E-state index in [1.165, 1.54) is 22.3 Å². The van der Waals surface area contributed by atoms with Gasteiger partial charge < -0.3 is 0 Å². The summed E-state index contributed by atoms with van der Waals surface area (Å²) in [6, 6.07) is 32.8. The molecule has 0 saturated heterocycles. The lowest BCUT2D eigenvalue weighted by Crippen LogP contribution is -1.93. The number of rotatable bonds is 0. The maximum atomic E-state index is 11.9. The zero-order valence-corrected chi connectivity index (χ0v) is 18.9. The number of ketones is 1. The van der Waals surface area contributed by atoms with Gasteiger partial charge in [0.1, 0.15) is 0 Å². The largest absolute Gasteiger partial charge is 0.289 e. The lowest BCUT2D eigenvalue weighted by Gasteiger charge is -1.98. The summed E-state index contributed by atoms with van der Waals surface area (Å²) in [4.78, 5) is 11.9. The van der Waals surface area contributed by atoms with Crippen molar-refractivity contribution < 1.29 is 4.79 Å². The van der Waals surface area contributed by atoms with E-state index in [1.54, 1.807) is 0 Å². The first-order chi connectivity index (χ1) is 15.3. The molecule has 4 aromatic carbocycles. The van der Waals surface area contributed by atoms with Crippen LogP contribution in [0.1, 0.15) is 54.7 Å². The van der Waals surface area contributed by atoms with Gasteiger partial charge in [-0.2, -0.15) is 0 Å². The zero-order chi connectivity index (χ0) is 22.2. The van der Waals surface area contributed by atoms with Crippen LogP contribution in [0.4, 0.5) is 0 Å². The molecule has 2 aliphatic rings.